The summed E-state index contributed by atoms with van der Waals surface area (Å²) in [6, 6.07) is 14.3. The average Bonchev–Trinajstić information content (AvgIpc) is 3.43. The van der Waals surface area contributed by atoms with Crippen LogP contribution in [0.3, 0.4) is 0 Å². The van der Waals surface area contributed by atoms with Crippen LogP contribution in [0.1, 0.15) is 12.8 Å². The second-order valence-corrected chi connectivity index (χ2v) is 6.49. The van der Waals surface area contributed by atoms with E-state index in [1.807, 2.05) is 30.3 Å². The first kappa shape index (κ1) is 17.3. The lowest BCUT2D eigenvalue weighted by Gasteiger charge is -2.23. The molecular formula is C19H19ClN2O3. The highest BCUT2D eigenvalue weighted by molar-refractivity contribution is 6.32. The minimum absolute atomic E-state index is 0.198. The monoisotopic (exact) mass is 358 g/mol. The molecule has 0 aliphatic heterocycles. The van der Waals surface area contributed by atoms with Gasteiger partial charge in [0.25, 0.3) is 0 Å². The van der Waals surface area contributed by atoms with E-state index in [9.17, 15) is 9.59 Å². The Bertz CT molecular complexity index is 804. The van der Waals surface area contributed by atoms with Gasteiger partial charge >= 0.3 is 0 Å². The number of benzene rings is 2. The molecule has 2 amide bonds. The smallest absolute Gasteiger partial charge is 0.242 e. The number of anilines is 2. The van der Waals surface area contributed by atoms with Crippen molar-refractivity contribution in [1.29, 1.82) is 0 Å². The zero-order valence-corrected chi connectivity index (χ0v) is 14.8. The largest absolute Gasteiger partial charge is 0.495 e. The summed E-state index contributed by atoms with van der Waals surface area (Å²) in [5, 5.41) is 3.20. The highest BCUT2D eigenvalue weighted by atomic mass is 35.5. The molecular weight excluding hydrogens is 340 g/mol. The molecule has 5 nitrogen and oxygen atoms in total. The number of carbonyl (C=O) groups excluding carboxylic acids is 2. The van der Waals surface area contributed by atoms with Crippen LogP contribution in [-0.4, -0.2) is 26.0 Å². The number of nitrogens with zero attached hydrogens (tertiary/aromatic N) is 1. The first-order valence-corrected chi connectivity index (χ1v) is 8.34. The van der Waals surface area contributed by atoms with Crippen molar-refractivity contribution in [2.24, 2.45) is 5.41 Å². The predicted octanol–water partition coefficient (Wildman–Crippen LogP) is 3.73. The summed E-state index contributed by atoms with van der Waals surface area (Å²) in [6.45, 7) is 0. The second kappa shape index (κ2) is 6.76. The fourth-order valence-corrected chi connectivity index (χ4v) is 3.01. The molecule has 1 N–H and O–H groups in total. The third-order valence-corrected chi connectivity index (χ3v) is 4.75. The minimum atomic E-state index is -1.00. The molecule has 0 radical (unpaired) electrons. The Kier molecular flexibility index (Phi) is 4.68. The third kappa shape index (κ3) is 3.33. The number of ether oxygens (including phenoxy) is 1. The van der Waals surface area contributed by atoms with Crippen molar-refractivity contribution in [1.82, 2.24) is 0 Å². The number of halogens is 1. The lowest BCUT2D eigenvalue weighted by atomic mass is 10.0. The SMILES string of the molecule is COc1ccc(NC(=O)C2(C(=O)N(C)c3ccccc3)CC2)cc1Cl. The number of amides is 2. The molecule has 0 spiro atoms. The molecule has 1 aliphatic carbocycles. The first-order chi connectivity index (χ1) is 12.0. The van der Waals surface area contributed by atoms with Gasteiger partial charge in [-0.3, -0.25) is 9.59 Å². The molecule has 2 aromatic carbocycles. The molecule has 0 bridgehead atoms. The zero-order chi connectivity index (χ0) is 18.0. The van der Waals surface area contributed by atoms with Gasteiger partial charge in [-0.1, -0.05) is 29.8 Å². The Morgan fingerprint density at radius 2 is 1.84 bits per heavy atom. The number of para-hydroxylation sites is 1. The van der Waals surface area contributed by atoms with Crippen LogP contribution in [0.25, 0.3) is 0 Å². The van der Waals surface area contributed by atoms with Crippen molar-refractivity contribution >= 4 is 34.8 Å². The molecule has 130 valence electrons. The molecule has 0 aromatic heterocycles. The first-order valence-electron chi connectivity index (χ1n) is 7.96. The number of carbonyl (C=O) groups is 2. The van der Waals surface area contributed by atoms with E-state index in [1.54, 1.807) is 25.2 Å². The molecule has 0 saturated heterocycles. The van der Waals surface area contributed by atoms with Crippen LogP contribution in [0, 0.1) is 5.41 Å². The van der Waals surface area contributed by atoms with E-state index in [4.69, 9.17) is 16.3 Å². The molecule has 1 saturated carbocycles. The Morgan fingerprint density at radius 1 is 1.16 bits per heavy atom. The number of hydrogen-bond acceptors (Lipinski definition) is 3. The van der Waals surface area contributed by atoms with Gasteiger partial charge in [-0.05, 0) is 43.2 Å². The molecule has 0 heterocycles. The van der Waals surface area contributed by atoms with Crippen molar-refractivity contribution < 1.29 is 14.3 Å². The van der Waals surface area contributed by atoms with E-state index in [-0.39, 0.29) is 11.8 Å². The molecule has 0 unspecified atom stereocenters. The van der Waals surface area contributed by atoms with Crippen LogP contribution in [0.15, 0.2) is 48.5 Å². The van der Waals surface area contributed by atoms with Gasteiger partial charge in [0.1, 0.15) is 11.2 Å². The van der Waals surface area contributed by atoms with E-state index in [0.717, 1.165) is 5.69 Å². The van der Waals surface area contributed by atoms with Crippen LogP contribution < -0.4 is 15.0 Å². The zero-order valence-electron chi connectivity index (χ0n) is 14.1. The quantitative estimate of drug-likeness (QED) is 0.828. The summed E-state index contributed by atoms with van der Waals surface area (Å²) in [5.74, 6) is 0.0259. The lowest BCUT2D eigenvalue weighted by Crippen LogP contribution is -2.41. The van der Waals surface area contributed by atoms with Crippen LogP contribution in [-0.2, 0) is 9.59 Å². The molecule has 1 fully saturated rings. The summed E-state index contributed by atoms with van der Waals surface area (Å²) in [6.07, 6.45) is 1.08. The molecule has 0 atom stereocenters. The van der Waals surface area contributed by atoms with Gasteiger partial charge in [0.15, 0.2) is 0 Å². The maximum absolute atomic E-state index is 12.8. The normalized spacial score (nSPS) is 14.5. The number of rotatable bonds is 5. The summed E-state index contributed by atoms with van der Waals surface area (Å²) in [5.41, 5.74) is 0.299. The predicted molar refractivity (Wildman–Crippen MR) is 98.2 cm³/mol. The van der Waals surface area contributed by atoms with Crippen LogP contribution >= 0.6 is 11.6 Å². The van der Waals surface area contributed by atoms with Crippen LogP contribution in [0.5, 0.6) is 5.75 Å². The molecule has 2 aromatic rings. The molecule has 6 heteroatoms. The van der Waals surface area contributed by atoms with Crippen molar-refractivity contribution in [3.05, 3.63) is 53.6 Å². The van der Waals surface area contributed by atoms with E-state index in [0.29, 0.717) is 29.3 Å². The Balaban J connectivity index is 1.75. The highest BCUT2D eigenvalue weighted by Crippen LogP contribution is 2.48. The Labute approximate surface area is 151 Å². The summed E-state index contributed by atoms with van der Waals surface area (Å²) in [4.78, 5) is 27.1. The van der Waals surface area contributed by atoms with E-state index >= 15 is 0 Å². The molecule has 3 rings (SSSR count). The Hall–Kier alpha value is -2.53. The van der Waals surface area contributed by atoms with Crippen molar-refractivity contribution in [3.63, 3.8) is 0 Å². The van der Waals surface area contributed by atoms with E-state index < -0.39 is 5.41 Å². The van der Waals surface area contributed by atoms with Crippen molar-refractivity contribution in [3.8, 4) is 5.75 Å². The van der Waals surface area contributed by atoms with E-state index in [2.05, 4.69) is 5.32 Å². The van der Waals surface area contributed by atoms with Crippen molar-refractivity contribution in [2.45, 2.75) is 12.8 Å². The summed E-state index contributed by atoms with van der Waals surface area (Å²) in [7, 11) is 3.21. The molecule has 1 aliphatic rings. The fourth-order valence-electron chi connectivity index (χ4n) is 2.75. The highest BCUT2D eigenvalue weighted by Gasteiger charge is 2.57. The number of hydrogen-bond donors (Lipinski definition) is 1. The summed E-state index contributed by atoms with van der Waals surface area (Å²) >= 11 is 6.08. The Morgan fingerprint density at radius 3 is 2.40 bits per heavy atom. The topological polar surface area (TPSA) is 58.6 Å². The van der Waals surface area contributed by atoms with E-state index in [1.165, 1.54) is 12.0 Å². The van der Waals surface area contributed by atoms with Gasteiger partial charge in [0.2, 0.25) is 11.8 Å². The van der Waals surface area contributed by atoms with Gasteiger partial charge in [-0.15, -0.1) is 0 Å². The van der Waals surface area contributed by atoms with Crippen LogP contribution in [0.4, 0.5) is 11.4 Å². The standard InChI is InChI=1S/C19H19ClN2O3/c1-22(14-6-4-3-5-7-14)18(24)19(10-11-19)17(23)21-13-8-9-16(25-2)15(20)12-13/h3-9,12H,10-11H2,1-2H3,(H,21,23). The van der Waals surface area contributed by atoms with Gasteiger partial charge in [-0.25, -0.2) is 0 Å². The third-order valence-electron chi connectivity index (χ3n) is 4.45. The van der Waals surface area contributed by atoms with Gasteiger partial charge in [-0.2, -0.15) is 0 Å². The number of nitrogens with one attached hydrogen (secondary N) is 1. The average molecular weight is 359 g/mol. The maximum Gasteiger partial charge on any atom is 0.242 e. The number of methoxy groups -OCH3 is 1. The van der Waals surface area contributed by atoms with Gasteiger partial charge in [0.05, 0.1) is 12.1 Å². The van der Waals surface area contributed by atoms with Gasteiger partial charge in [0, 0.05) is 18.4 Å². The second-order valence-electron chi connectivity index (χ2n) is 6.09. The van der Waals surface area contributed by atoms with Crippen LogP contribution in [0.2, 0.25) is 5.02 Å². The minimum Gasteiger partial charge on any atom is -0.495 e. The van der Waals surface area contributed by atoms with Crippen molar-refractivity contribution in [2.75, 3.05) is 24.4 Å². The lowest BCUT2D eigenvalue weighted by molar-refractivity contribution is -0.132. The molecule has 25 heavy (non-hydrogen) atoms. The maximum atomic E-state index is 12.8. The fraction of sp³-hybridized carbons (Fsp3) is 0.263. The summed E-state index contributed by atoms with van der Waals surface area (Å²) < 4.78 is 5.10. The van der Waals surface area contributed by atoms with Gasteiger partial charge < -0.3 is 15.0 Å².